The topological polar surface area (TPSA) is 107 Å². The molecule has 2 heterocycles. The van der Waals surface area contributed by atoms with E-state index in [2.05, 4.69) is 10.3 Å². The van der Waals surface area contributed by atoms with Crippen LogP contribution in [0, 0.1) is 10.1 Å². The number of hydrogen-bond acceptors (Lipinski definition) is 7. The van der Waals surface area contributed by atoms with Crippen LogP contribution in [0.2, 0.25) is 5.02 Å². The summed E-state index contributed by atoms with van der Waals surface area (Å²) in [5, 5.41) is 14.2. The molecule has 1 aromatic carbocycles. The van der Waals surface area contributed by atoms with Gasteiger partial charge in [-0.05, 0) is 37.8 Å². The first-order chi connectivity index (χ1) is 14.3. The Morgan fingerprint density at radius 2 is 2.20 bits per heavy atom. The highest BCUT2D eigenvalue weighted by Gasteiger charge is 2.24. The van der Waals surface area contributed by atoms with E-state index in [1.807, 2.05) is 0 Å². The number of nitrogens with one attached hydrogen (secondary N) is 1. The Morgan fingerprint density at radius 3 is 2.90 bits per heavy atom. The normalized spacial score (nSPS) is 14.0. The third kappa shape index (κ3) is 3.70. The van der Waals surface area contributed by atoms with E-state index in [1.165, 1.54) is 39.4 Å². The van der Waals surface area contributed by atoms with Gasteiger partial charge in [-0.3, -0.25) is 24.3 Å². The average Bonchev–Trinajstić information content (AvgIpc) is 3.27. The van der Waals surface area contributed by atoms with Crippen LogP contribution in [0.15, 0.2) is 28.2 Å². The van der Waals surface area contributed by atoms with Crippen molar-refractivity contribution in [1.82, 2.24) is 9.55 Å². The predicted octanol–water partition coefficient (Wildman–Crippen LogP) is 4.16. The number of aryl methyl sites for hydroxylation is 2. The fourth-order valence-electron chi connectivity index (χ4n) is 3.38. The molecule has 0 fully saturated rings. The van der Waals surface area contributed by atoms with Gasteiger partial charge in [0.15, 0.2) is 5.16 Å². The quantitative estimate of drug-likeness (QED) is 0.263. The van der Waals surface area contributed by atoms with Gasteiger partial charge in [0.05, 0.1) is 26.3 Å². The molecule has 1 amide bonds. The van der Waals surface area contributed by atoms with Crippen molar-refractivity contribution in [2.24, 2.45) is 7.05 Å². The Bertz CT molecular complexity index is 1250. The standard InChI is InChI=1S/C19H17ClN4O4S2/c1-9(16(25)21-13-7-6-10(24(27)28)8-12(13)20)29-19-22-17-15(18(26)23(19)2)11-4-3-5-14(11)30-17/h6-9H,3-5H2,1-2H3,(H,21,25). The maximum Gasteiger partial charge on any atom is 0.271 e. The molecule has 0 spiro atoms. The van der Waals surface area contributed by atoms with Gasteiger partial charge in [0, 0.05) is 24.1 Å². The van der Waals surface area contributed by atoms with Crippen molar-refractivity contribution in [3.8, 4) is 0 Å². The number of thiophene rings is 1. The zero-order chi connectivity index (χ0) is 21.6. The van der Waals surface area contributed by atoms with Crippen LogP contribution >= 0.6 is 34.7 Å². The zero-order valence-corrected chi connectivity index (χ0v) is 18.5. The zero-order valence-electron chi connectivity index (χ0n) is 16.1. The summed E-state index contributed by atoms with van der Waals surface area (Å²) in [6, 6.07) is 3.85. The van der Waals surface area contributed by atoms with Gasteiger partial charge < -0.3 is 5.32 Å². The second kappa shape index (κ2) is 8.01. The number of rotatable bonds is 5. The number of amides is 1. The summed E-state index contributed by atoms with van der Waals surface area (Å²) in [5.74, 6) is -0.348. The number of nitro benzene ring substituents is 1. The van der Waals surface area contributed by atoms with E-state index in [4.69, 9.17) is 11.6 Å². The molecule has 0 saturated carbocycles. The molecule has 1 aliphatic carbocycles. The van der Waals surface area contributed by atoms with E-state index in [-0.39, 0.29) is 27.9 Å². The number of benzene rings is 1. The predicted molar refractivity (Wildman–Crippen MR) is 119 cm³/mol. The summed E-state index contributed by atoms with van der Waals surface area (Å²) in [7, 11) is 1.66. The fourth-order valence-corrected chi connectivity index (χ4v) is 5.77. The number of carbonyl (C=O) groups is 1. The minimum absolute atomic E-state index is 0.0785. The summed E-state index contributed by atoms with van der Waals surface area (Å²) in [6.45, 7) is 1.70. The first-order valence-corrected chi connectivity index (χ1v) is 11.3. The van der Waals surface area contributed by atoms with Gasteiger partial charge >= 0.3 is 0 Å². The summed E-state index contributed by atoms with van der Waals surface area (Å²) >= 11 is 8.78. The Morgan fingerprint density at radius 1 is 1.43 bits per heavy atom. The third-order valence-corrected chi connectivity index (χ3v) is 7.62. The van der Waals surface area contributed by atoms with Gasteiger partial charge in [-0.2, -0.15) is 0 Å². The second-order valence-corrected chi connectivity index (χ2v) is 9.77. The lowest BCUT2D eigenvalue weighted by Crippen LogP contribution is -2.25. The molecule has 1 N–H and O–H groups in total. The van der Waals surface area contributed by atoms with Crippen LogP contribution in [0.5, 0.6) is 0 Å². The van der Waals surface area contributed by atoms with Crippen LogP contribution in [0.25, 0.3) is 10.2 Å². The van der Waals surface area contributed by atoms with E-state index in [9.17, 15) is 19.7 Å². The number of hydrogen-bond donors (Lipinski definition) is 1. The molecule has 1 atom stereocenters. The minimum atomic E-state index is -0.571. The molecule has 11 heteroatoms. The Balaban J connectivity index is 1.55. The van der Waals surface area contributed by atoms with Gasteiger partial charge in [-0.1, -0.05) is 23.4 Å². The lowest BCUT2D eigenvalue weighted by Gasteiger charge is -2.14. The van der Waals surface area contributed by atoms with Crippen molar-refractivity contribution in [2.75, 3.05) is 5.32 Å². The Labute approximate surface area is 184 Å². The molecule has 2 aromatic heterocycles. The van der Waals surface area contributed by atoms with Crippen LogP contribution in [-0.4, -0.2) is 25.6 Å². The van der Waals surface area contributed by atoms with Crippen molar-refractivity contribution in [2.45, 2.75) is 36.6 Å². The molecule has 8 nitrogen and oxygen atoms in total. The highest BCUT2D eigenvalue weighted by molar-refractivity contribution is 8.00. The van der Waals surface area contributed by atoms with Crippen molar-refractivity contribution < 1.29 is 9.72 Å². The number of nitro groups is 1. The lowest BCUT2D eigenvalue weighted by atomic mass is 10.2. The van der Waals surface area contributed by atoms with Crippen molar-refractivity contribution in [3.05, 3.63) is 54.1 Å². The number of fused-ring (bicyclic) bond motifs is 3. The van der Waals surface area contributed by atoms with Gasteiger partial charge in [-0.25, -0.2) is 4.98 Å². The van der Waals surface area contributed by atoms with Gasteiger partial charge in [-0.15, -0.1) is 11.3 Å². The summed E-state index contributed by atoms with van der Waals surface area (Å²) in [6.07, 6.45) is 2.96. The van der Waals surface area contributed by atoms with Crippen LogP contribution in [0.4, 0.5) is 11.4 Å². The van der Waals surface area contributed by atoms with E-state index < -0.39 is 10.2 Å². The molecular weight excluding hydrogens is 448 g/mol. The van der Waals surface area contributed by atoms with Crippen LogP contribution in [0.3, 0.4) is 0 Å². The van der Waals surface area contributed by atoms with Crippen LogP contribution < -0.4 is 10.9 Å². The largest absolute Gasteiger partial charge is 0.324 e. The van der Waals surface area contributed by atoms with Gasteiger partial charge in [0.2, 0.25) is 5.91 Å². The highest BCUT2D eigenvalue weighted by atomic mass is 35.5. The minimum Gasteiger partial charge on any atom is -0.324 e. The van der Waals surface area contributed by atoms with E-state index in [0.717, 1.165) is 29.7 Å². The maximum absolute atomic E-state index is 12.9. The molecule has 0 aliphatic heterocycles. The smallest absolute Gasteiger partial charge is 0.271 e. The van der Waals surface area contributed by atoms with Crippen LogP contribution in [0.1, 0.15) is 23.8 Å². The molecule has 0 bridgehead atoms. The maximum atomic E-state index is 12.9. The number of halogens is 1. The molecule has 1 unspecified atom stereocenters. The SMILES string of the molecule is CC(Sc1nc2sc3c(c2c(=O)n1C)CCC3)C(=O)Nc1ccc([N+](=O)[O-])cc1Cl. The average molecular weight is 465 g/mol. The van der Waals surface area contributed by atoms with Crippen LogP contribution in [-0.2, 0) is 24.7 Å². The fraction of sp³-hybridized carbons (Fsp3) is 0.316. The van der Waals surface area contributed by atoms with Gasteiger partial charge in [0.25, 0.3) is 11.2 Å². The molecule has 30 heavy (non-hydrogen) atoms. The highest BCUT2D eigenvalue weighted by Crippen LogP contribution is 2.36. The molecule has 0 radical (unpaired) electrons. The molecule has 1 aliphatic rings. The monoisotopic (exact) mass is 464 g/mol. The number of non-ortho nitro benzene ring substituents is 1. The van der Waals surface area contributed by atoms with E-state index >= 15 is 0 Å². The number of thioether (sulfide) groups is 1. The van der Waals surface area contributed by atoms with E-state index in [1.54, 1.807) is 25.3 Å². The third-order valence-electron chi connectivity index (χ3n) is 4.98. The molecule has 0 saturated heterocycles. The van der Waals surface area contributed by atoms with Gasteiger partial charge in [0.1, 0.15) is 4.83 Å². The number of anilines is 1. The van der Waals surface area contributed by atoms with Crippen molar-refractivity contribution in [3.63, 3.8) is 0 Å². The molecular formula is C19H17ClN4O4S2. The first-order valence-electron chi connectivity index (χ1n) is 9.19. The summed E-state index contributed by atoms with van der Waals surface area (Å²) in [4.78, 5) is 42.4. The van der Waals surface area contributed by atoms with Crippen molar-refractivity contribution in [1.29, 1.82) is 0 Å². The molecule has 3 aromatic rings. The summed E-state index contributed by atoms with van der Waals surface area (Å²) in [5.41, 5.74) is 1.16. The first kappa shape index (κ1) is 20.8. The molecule has 4 rings (SSSR count). The Hall–Kier alpha value is -2.43. The second-order valence-electron chi connectivity index (χ2n) is 6.97. The summed E-state index contributed by atoms with van der Waals surface area (Å²) < 4.78 is 1.49. The van der Waals surface area contributed by atoms with Crippen molar-refractivity contribution >= 4 is 62.2 Å². The lowest BCUT2D eigenvalue weighted by molar-refractivity contribution is -0.384. The number of nitrogens with zero attached hydrogens (tertiary/aromatic N) is 3. The Kier molecular flexibility index (Phi) is 5.56. The molecule has 156 valence electrons. The number of carbonyl (C=O) groups excluding carboxylic acids is 1. The number of aromatic nitrogens is 2. The van der Waals surface area contributed by atoms with E-state index in [0.29, 0.717) is 10.5 Å².